The summed E-state index contributed by atoms with van der Waals surface area (Å²) < 4.78 is 10.2. The number of halogens is 1. The molecule has 1 aromatic rings. The number of rotatable bonds is 4. The fourth-order valence-corrected chi connectivity index (χ4v) is 2.48. The summed E-state index contributed by atoms with van der Waals surface area (Å²) in [5, 5.41) is 9.72. The molecule has 1 atom stereocenters. The predicted octanol–water partition coefficient (Wildman–Crippen LogP) is 2.39. The topological polar surface area (TPSA) is 89.9 Å². The number of benzene rings is 1. The van der Waals surface area contributed by atoms with Gasteiger partial charge in [-0.2, -0.15) is 0 Å². The Balaban J connectivity index is 2.24. The lowest BCUT2D eigenvalue weighted by atomic mass is 9.96. The van der Waals surface area contributed by atoms with Crippen LogP contribution in [0.4, 0.5) is 0 Å². The SMILES string of the molecule is COc1cc(C=CC(=O)C2C(=O)C=C(C)OC2=O)cc(Br)c1O. The molecule has 2 rings (SSSR count). The molecule has 0 saturated heterocycles. The van der Waals surface area contributed by atoms with Crippen molar-refractivity contribution in [2.24, 2.45) is 5.92 Å². The number of aromatic hydroxyl groups is 1. The predicted molar refractivity (Wildman–Crippen MR) is 84.7 cm³/mol. The zero-order valence-electron chi connectivity index (χ0n) is 12.3. The molecule has 0 fully saturated rings. The van der Waals surface area contributed by atoms with E-state index in [9.17, 15) is 19.5 Å². The number of allylic oxidation sites excluding steroid dienone is 3. The van der Waals surface area contributed by atoms with Crippen LogP contribution in [-0.2, 0) is 19.1 Å². The Labute approximate surface area is 140 Å². The van der Waals surface area contributed by atoms with E-state index in [2.05, 4.69) is 15.9 Å². The standard InChI is InChI=1S/C16H13BrO6/c1-8-5-12(19)14(16(21)23-8)11(18)4-3-9-6-10(17)15(20)13(7-9)22-2/h3-7,14,20H,1-2H3. The summed E-state index contributed by atoms with van der Waals surface area (Å²) >= 11 is 3.16. The van der Waals surface area contributed by atoms with Crippen LogP contribution in [0.15, 0.2) is 34.5 Å². The molecule has 0 bridgehead atoms. The zero-order chi connectivity index (χ0) is 17.1. The second-order valence-electron chi connectivity index (χ2n) is 4.80. The van der Waals surface area contributed by atoms with E-state index in [4.69, 9.17) is 9.47 Å². The monoisotopic (exact) mass is 380 g/mol. The number of methoxy groups -OCH3 is 1. The van der Waals surface area contributed by atoms with Crippen molar-refractivity contribution in [3.05, 3.63) is 40.1 Å². The molecule has 0 aromatic heterocycles. The van der Waals surface area contributed by atoms with E-state index in [0.29, 0.717) is 10.0 Å². The van der Waals surface area contributed by atoms with Crippen LogP contribution in [-0.4, -0.2) is 29.8 Å². The highest BCUT2D eigenvalue weighted by molar-refractivity contribution is 9.10. The first kappa shape index (κ1) is 17.0. The molecule has 0 radical (unpaired) electrons. The van der Waals surface area contributed by atoms with Crippen molar-refractivity contribution in [2.45, 2.75) is 6.92 Å². The van der Waals surface area contributed by atoms with Gasteiger partial charge in [0.25, 0.3) is 0 Å². The lowest BCUT2D eigenvalue weighted by Gasteiger charge is -2.15. The van der Waals surface area contributed by atoms with Crippen LogP contribution < -0.4 is 4.74 Å². The minimum Gasteiger partial charge on any atom is -0.503 e. The number of carbonyl (C=O) groups excluding carboxylic acids is 3. The second kappa shape index (κ2) is 6.78. The number of esters is 1. The Kier molecular flexibility index (Phi) is 5.00. The summed E-state index contributed by atoms with van der Waals surface area (Å²) in [6.45, 7) is 1.46. The molecular formula is C16H13BrO6. The molecule has 1 aliphatic heterocycles. The number of ketones is 2. The van der Waals surface area contributed by atoms with Gasteiger partial charge in [0.05, 0.1) is 11.6 Å². The fraction of sp³-hybridized carbons (Fsp3) is 0.188. The summed E-state index contributed by atoms with van der Waals surface area (Å²) in [7, 11) is 1.39. The number of phenols is 1. The molecule has 0 spiro atoms. The third kappa shape index (κ3) is 3.68. The van der Waals surface area contributed by atoms with Gasteiger partial charge in [-0.3, -0.25) is 14.4 Å². The summed E-state index contributed by atoms with van der Waals surface area (Å²) in [4.78, 5) is 35.5. The van der Waals surface area contributed by atoms with Gasteiger partial charge in [-0.1, -0.05) is 6.08 Å². The molecule has 1 aromatic carbocycles. The van der Waals surface area contributed by atoms with Gasteiger partial charge < -0.3 is 14.6 Å². The van der Waals surface area contributed by atoms with Gasteiger partial charge in [-0.25, -0.2) is 0 Å². The molecule has 1 N–H and O–H groups in total. The highest BCUT2D eigenvalue weighted by atomic mass is 79.9. The van der Waals surface area contributed by atoms with Crippen molar-refractivity contribution < 1.29 is 29.0 Å². The molecule has 0 saturated carbocycles. The minimum atomic E-state index is -1.47. The molecule has 120 valence electrons. The first-order valence-electron chi connectivity index (χ1n) is 6.55. The third-order valence-electron chi connectivity index (χ3n) is 3.12. The van der Waals surface area contributed by atoms with Gasteiger partial charge in [-0.05, 0) is 46.6 Å². The lowest BCUT2D eigenvalue weighted by molar-refractivity contribution is -0.151. The van der Waals surface area contributed by atoms with Crippen molar-refractivity contribution in [3.8, 4) is 11.5 Å². The minimum absolute atomic E-state index is 0.0670. The molecule has 0 aliphatic carbocycles. The van der Waals surface area contributed by atoms with E-state index < -0.39 is 23.5 Å². The van der Waals surface area contributed by atoms with E-state index in [-0.39, 0.29) is 17.3 Å². The van der Waals surface area contributed by atoms with Gasteiger partial charge in [-0.15, -0.1) is 0 Å². The molecule has 7 heteroatoms. The van der Waals surface area contributed by atoms with E-state index >= 15 is 0 Å². The second-order valence-corrected chi connectivity index (χ2v) is 5.66. The Bertz CT molecular complexity index is 747. The van der Waals surface area contributed by atoms with Crippen molar-refractivity contribution in [1.82, 2.24) is 0 Å². The van der Waals surface area contributed by atoms with E-state index in [0.717, 1.165) is 12.2 Å². The van der Waals surface area contributed by atoms with E-state index in [1.807, 2.05) is 0 Å². The van der Waals surface area contributed by atoms with Gasteiger partial charge in [0.2, 0.25) is 0 Å². The molecule has 1 aliphatic rings. The quantitative estimate of drug-likeness (QED) is 0.490. The van der Waals surface area contributed by atoms with Crippen LogP contribution in [0.1, 0.15) is 12.5 Å². The Morgan fingerprint density at radius 3 is 2.70 bits per heavy atom. The Morgan fingerprint density at radius 2 is 2.09 bits per heavy atom. The van der Waals surface area contributed by atoms with Gasteiger partial charge in [0, 0.05) is 6.08 Å². The van der Waals surface area contributed by atoms with Gasteiger partial charge >= 0.3 is 5.97 Å². The van der Waals surface area contributed by atoms with Crippen molar-refractivity contribution in [1.29, 1.82) is 0 Å². The van der Waals surface area contributed by atoms with Crippen LogP contribution in [0.25, 0.3) is 6.08 Å². The molecule has 0 amide bonds. The number of phenolic OH excluding ortho intramolecular Hbond substituents is 1. The number of ether oxygens (including phenoxy) is 2. The van der Waals surface area contributed by atoms with E-state index in [1.54, 1.807) is 6.07 Å². The number of hydrogen-bond donors (Lipinski definition) is 1. The Morgan fingerprint density at radius 1 is 1.39 bits per heavy atom. The number of carbonyl (C=O) groups is 3. The van der Waals surface area contributed by atoms with Gasteiger partial charge in [0.15, 0.2) is 29.0 Å². The highest BCUT2D eigenvalue weighted by Crippen LogP contribution is 2.35. The van der Waals surface area contributed by atoms with Gasteiger partial charge in [0.1, 0.15) is 5.76 Å². The van der Waals surface area contributed by atoms with Crippen LogP contribution in [0.3, 0.4) is 0 Å². The highest BCUT2D eigenvalue weighted by Gasteiger charge is 2.36. The molecule has 1 unspecified atom stereocenters. The number of hydrogen-bond acceptors (Lipinski definition) is 6. The molecular weight excluding hydrogens is 368 g/mol. The molecule has 6 nitrogen and oxygen atoms in total. The van der Waals surface area contributed by atoms with Crippen LogP contribution in [0.2, 0.25) is 0 Å². The van der Waals surface area contributed by atoms with Crippen LogP contribution >= 0.6 is 15.9 Å². The fourth-order valence-electron chi connectivity index (χ4n) is 2.02. The van der Waals surface area contributed by atoms with Crippen molar-refractivity contribution in [2.75, 3.05) is 7.11 Å². The van der Waals surface area contributed by atoms with Crippen LogP contribution in [0.5, 0.6) is 11.5 Å². The Hall–Kier alpha value is -2.41. The average molecular weight is 381 g/mol. The van der Waals surface area contributed by atoms with Crippen LogP contribution in [0, 0.1) is 5.92 Å². The average Bonchev–Trinajstić information content (AvgIpc) is 2.47. The summed E-state index contributed by atoms with van der Waals surface area (Å²) in [5.41, 5.74) is 0.545. The smallest absolute Gasteiger partial charge is 0.329 e. The van der Waals surface area contributed by atoms with E-state index in [1.165, 1.54) is 26.2 Å². The first-order valence-corrected chi connectivity index (χ1v) is 7.35. The largest absolute Gasteiger partial charge is 0.503 e. The maximum atomic E-state index is 12.1. The lowest BCUT2D eigenvalue weighted by Crippen LogP contribution is -2.34. The molecule has 23 heavy (non-hydrogen) atoms. The van der Waals surface area contributed by atoms with Crippen molar-refractivity contribution >= 4 is 39.5 Å². The molecule has 1 heterocycles. The third-order valence-corrected chi connectivity index (χ3v) is 3.73. The number of cyclic esters (lactones) is 1. The zero-order valence-corrected chi connectivity index (χ0v) is 13.9. The first-order chi connectivity index (χ1) is 10.8. The summed E-state index contributed by atoms with van der Waals surface area (Å²) in [5.74, 6) is -3.31. The maximum Gasteiger partial charge on any atom is 0.329 e. The van der Waals surface area contributed by atoms with Crippen molar-refractivity contribution in [3.63, 3.8) is 0 Å². The summed E-state index contributed by atoms with van der Waals surface area (Å²) in [6.07, 6.45) is 3.66. The maximum absolute atomic E-state index is 12.1. The summed E-state index contributed by atoms with van der Waals surface area (Å²) in [6, 6.07) is 3.07. The normalized spacial score (nSPS) is 17.9.